The SMILES string of the molecule is Cc1ccc(C(=O)NC2CCN(C(=O)CCC3CCNCC3)CC2)s1. The lowest BCUT2D eigenvalue weighted by atomic mass is 9.93. The highest BCUT2D eigenvalue weighted by Gasteiger charge is 2.25. The van der Waals surface area contributed by atoms with Crippen LogP contribution < -0.4 is 10.6 Å². The molecule has 3 heterocycles. The van der Waals surface area contributed by atoms with Gasteiger partial charge in [0.2, 0.25) is 5.91 Å². The third-order valence-corrected chi connectivity index (χ3v) is 6.37. The number of likely N-dealkylation sites (tertiary alicyclic amines) is 1. The molecule has 0 unspecified atom stereocenters. The molecule has 0 aliphatic carbocycles. The molecule has 2 N–H and O–H groups in total. The molecule has 2 aliphatic heterocycles. The highest BCUT2D eigenvalue weighted by molar-refractivity contribution is 7.13. The first-order valence-electron chi connectivity index (χ1n) is 9.47. The Balaban J connectivity index is 1.37. The van der Waals surface area contributed by atoms with Gasteiger partial charge in [0.25, 0.3) is 5.91 Å². The van der Waals surface area contributed by atoms with E-state index in [-0.39, 0.29) is 17.9 Å². The van der Waals surface area contributed by atoms with E-state index in [2.05, 4.69) is 10.6 Å². The van der Waals surface area contributed by atoms with E-state index in [0.717, 1.165) is 55.2 Å². The predicted molar refractivity (Wildman–Crippen MR) is 101 cm³/mol. The molecule has 0 bridgehead atoms. The van der Waals surface area contributed by atoms with E-state index in [0.29, 0.717) is 12.3 Å². The minimum Gasteiger partial charge on any atom is -0.348 e. The zero-order chi connectivity index (χ0) is 17.6. The lowest BCUT2D eigenvalue weighted by molar-refractivity contribution is -0.132. The van der Waals surface area contributed by atoms with Crippen LogP contribution in [0, 0.1) is 12.8 Å². The van der Waals surface area contributed by atoms with Crippen molar-refractivity contribution in [3.05, 3.63) is 21.9 Å². The van der Waals surface area contributed by atoms with Crippen molar-refractivity contribution in [3.63, 3.8) is 0 Å². The smallest absolute Gasteiger partial charge is 0.261 e. The van der Waals surface area contributed by atoms with E-state index in [4.69, 9.17) is 0 Å². The molecule has 25 heavy (non-hydrogen) atoms. The molecule has 1 aromatic rings. The minimum absolute atomic E-state index is 0.0220. The second-order valence-electron chi connectivity index (χ2n) is 7.27. The summed E-state index contributed by atoms with van der Waals surface area (Å²) in [6.07, 6.45) is 5.81. The molecular weight excluding hydrogens is 334 g/mol. The van der Waals surface area contributed by atoms with Crippen molar-refractivity contribution in [1.82, 2.24) is 15.5 Å². The van der Waals surface area contributed by atoms with Crippen LogP contribution in [0.1, 0.15) is 53.1 Å². The fourth-order valence-corrected chi connectivity index (χ4v) is 4.51. The number of nitrogens with one attached hydrogen (secondary N) is 2. The molecule has 2 amide bonds. The van der Waals surface area contributed by atoms with Gasteiger partial charge in [-0.15, -0.1) is 11.3 Å². The summed E-state index contributed by atoms with van der Waals surface area (Å²) in [7, 11) is 0. The summed E-state index contributed by atoms with van der Waals surface area (Å²) >= 11 is 1.53. The van der Waals surface area contributed by atoms with Gasteiger partial charge < -0.3 is 15.5 Å². The number of aryl methyl sites for hydroxylation is 1. The summed E-state index contributed by atoms with van der Waals surface area (Å²) in [4.78, 5) is 28.6. The third kappa shape index (κ3) is 5.28. The average Bonchev–Trinajstić information content (AvgIpc) is 3.08. The second-order valence-corrected chi connectivity index (χ2v) is 8.56. The maximum atomic E-state index is 12.4. The molecule has 2 aliphatic rings. The Bertz CT molecular complexity index is 587. The van der Waals surface area contributed by atoms with Crippen LogP contribution in [0.15, 0.2) is 12.1 Å². The van der Waals surface area contributed by atoms with Crippen LogP contribution in [0.5, 0.6) is 0 Å². The number of nitrogens with zero attached hydrogens (tertiary/aromatic N) is 1. The van der Waals surface area contributed by atoms with E-state index in [1.807, 2.05) is 24.0 Å². The highest BCUT2D eigenvalue weighted by Crippen LogP contribution is 2.20. The first-order chi connectivity index (χ1) is 12.1. The molecule has 1 aromatic heterocycles. The normalized spacial score (nSPS) is 19.8. The van der Waals surface area contributed by atoms with E-state index in [1.54, 1.807) is 0 Å². The van der Waals surface area contributed by atoms with Crippen LogP contribution >= 0.6 is 11.3 Å². The molecule has 3 rings (SSSR count). The maximum absolute atomic E-state index is 12.4. The van der Waals surface area contributed by atoms with Crippen LogP contribution in [-0.2, 0) is 4.79 Å². The lowest BCUT2D eigenvalue weighted by Gasteiger charge is -2.33. The van der Waals surface area contributed by atoms with Gasteiger partial charge >= 0.3 is 0 Å². The van der Waals surface area contributed by atoms with Crippen LogP contribution in [0.2, 0.25) is 0 Å². The largest absolute Gasteiger partial charge is 0.348 e. The number of carbonyl (C=O) groups excluding carboxylic acids is 2. The van der Waals surface area contributed by atoms with Gasteiger partial charge in [0.1, 0.15) is 0 Å². The van der Waals surface area contributed by atoms with E-state index >= 15 is 0 Å². The van der Waals surface area contributed by atoms with Crippen LogP contribution in [0.25, 0.3) is 0 Å². The molecule has 2 saturated heterocycles. The molecule has 6 heteroatoms. The Morgan fingerprint density at radius 1 is 1.20 bits per heavy atom. The summed E-state index contributed by atoms with van der Waals surface area (Å²) in [6.45, 7) is 5.72. The Labute approximate surface area is 154 Å². The topological polar surface area (TPSA) is 61.4 Å². The van der Waals surface area contributed by atoms with Crippen molar-refractivity contribution >= 4 is 23.2 Å². The molecule has 0 spiro atoms. The van der Waals surface area contributed by atoms with Crippen LogP contribution in [0.3, 0.4) is 0 Å². The molecular formula is C19H29N3O2S. The first kappa shape index (κ1) is 18.4. The number of hydrogen-bond acceptors (Lipinski definition) is 4. The zero-order valence-corrected chi connectivity index (χ0v) is 15.9. The predicted octanol–water partition coefficient (Wildman–Crippen LogP) is 2.56. The van der Waals surface area contributed by atoms with Crippen molar-refractivity contribution in [2.75, 3.05) is 26.2 Å². The number of piperidine rings is 2. The third-order valence-electron chi connectivity index (χ3n) is 5.37. The van der Waals surface area contributed by atoms with E-state index < -0.39 is 0 Å². The molecule has 5 nitrogen and oxygen atoms in total. The van der Waals surface area contributed by atoms with Gasteiger partial charge in [-0.25, -0.2) is 0 Å². The summed E-state index contributed by atoms with van der Waals surface area (Å²) in [6, 6.07) is 4.04. The lowest BCUT2D eigenvalue weighted by Crippen LogP contribution is -2.46. The van der Waals surface area contributed by atoms with E-state index in [1.165, 1.54) is 24.2 Å². The van der Waals surface area contributed by atoms with Crippen LogP contribution in [-0.4, -0.2) is 48.9 Å². The number of carbonyl (C=O) groups is 2. The van der Waals surface area contributed by atoms with E-state index in [9.17, 15) is 9.59 Å². The van der Waals surface area contributed by atoms with Gasteiger partial charge in [0.15, 0.2) is 0 Å². The van der Waals surface area contributed by atoms with Gasteiger partial charge in [-0.2, -0.15) is 0 Å². The van der Waals surface area contributed by atoms with Gasteiger partial charge in [-0.1, -0.05) is 0 Å². The molecule has 0 saturated carbocycles. The van der Waals surface area contributed by atoms with Gasteiger partial charge in [-0.05, 0) is 70.2 Å². The summed E-state index contributed by atoms with van der Waals surface area (Å²) < 4.78 is 0. The van der Waals surface area contributed by atoms with Crippen molar-refractivity contribution < 1.29 is 9.59 Å². The van der Waals surface area contributed by atoms with Crippen LogP contribution in [0.4, 0.5) is 0 Å². The molecule has 2 fully saturated rings. The monoisotopic (exact) mass is 363 g/mol. The van der Waals surface area contributed by atoms with Gasteiger partial charge in [0.05, 0.1) is 4.88 Å². The van der Waals surface area contributed by atoms with Crippen molar-refractivity contribution in [1.29, 1.82) is 0 Å². The first-order valence-corrected chi connectivity index (χ1v) is 10.3. The Kier molecular flexibility index (Phi) is 6.48. The minimum atomic E-state index is 0.0220. The average molecular weight is 364 g/mol. The molecule has 0 radical (unpaired) electrons. The number of rotatable bonds is 5. The summed E-state index contributed by atoms with van der Waals surface area (Å²) in [5.74, 6) is 1.02. The molecule has 0 atom stereocenters. The molecule has 138 valence electrons. The number of amides is 2. The van der Waals surface area contributed by atoms with Gasteiger partial charge in [-0.3, -0.25) is 9.59 Å². The van der Waals surface area contributed by atoms with Crippen molar-refractivity contribution in [2.24, 2.45) is 5.92 Å². The molecule has 0 aromatic carbocycles. The van der Waals surface area contributed by atoms with Crippen molar-refractivity contribution in [2.45, 2.75) is 51.5 Å². The Morgan fingerprint density at radius 2 is 1.92 bits per heavy atom. The maximum Gasteiger partial charge on any atom is 0.261 e. The zero-order valence-electron chi connectivity index (χ0n) is 15.1. The Hall–Kier alpha value is -1.40. The number of hydrogen-bond donors (Lipinski definition) is 2. The fourth-order valence-electron chi connectivity index (χ4n) is 3.74. The highest BCUT2D eigenvalue weighted by atomic mass is 32.1. The van der Waals surface area contributed by atoms with Gasteiger partial charge in [0, 0.05) is 30.4 Å². The van der Waals surface area contributed by atoms with Crippen molar-refractivity contribution in [3.8, 4) is 0 Å². The summed E-state index contributed by atoms with van der Waals surface area (Å²) in [5.41, 5.74) is 0. The Morgan fingerprint density at radius 3 is 2.56 bits per heavy atom. The standard InChI is InChI=1S/C19H29N3O2S/c1-14-2-4-17(25-14)19(24)21-16-8-12-22(13-9-16)18(23)5-3-15-6-10-20-11-7-15/h2,4,15-16,20H,3,5-13H2,1H3,(H,21,24). The quantitative estimate of drug-likeness (QED) is 0.845. The second kappa shape index (κ2) is 8.81. The summed E-state index contributed by atoms with van der Waals surface area (Å²) in [5, 5.41) is 6.49. The fraction of sp³-hybridized carbons (Fsp3) is 0.684. The number of thiophene rings is 1.